The molecule has 2 fully saturated rings. The summed E-state index contributed by atoms with van der Waals surface area (Å²) in [6.45, 7) is 1.59. The molecule has 2 aromatic rings. The second-order valence-corrected chi connectivity index (χ2v) is 8.03. The van der Waals surface area contributed by atoms with Crippen LogP contribution in [0.2, 0.25) is 0 Å². The minimum absolute atomic E-state index is 0.0265. The van der Waals surface area contributed by atoms with Gasteiger partial charge in [-0.3, -0.25) is 9.59 Å². The number of benzene rings is 2. The van der Waals surface area contributed by atoms with Crippen LogP contribution in [0, 0.1) is 18.6 Å². The highest BCUT2D eigenvalue weighted by molar-refractivity contribution is 5.97. The Labute approximate surface area is 168 Å². The average Bonchev–Trinajstić information content (AvgIpc) is 3.35. The molecule has 0 aromatic heterocycles. The Kier molecular flexibility index (Phi) is 5.35. The second kappa shape index (κ2) is 7.93. The van der Waals surface area contributed by atoms with E-state index in [0.29, 0.717) is 16.7 Å². The van der Waals surface area contributed by atoms with Crippen LogP contribution in [0.1, 0.15) is 64.8 Å². The molecule has 0 aliphatic heterocycles. The average molecular weight is 398 g/mol. The molecule has 0 bridgehead atoms. The van der Waals surface area contributed by atoms with Gasteiger partial charge in [-0.1, -0.05) is 18.9 Å². The monoisotopic (exact) mass is 398 g/mol. The molecular formula is C23H24F2N2O2. The molecule has 2 aliphatic carbocycles. The predicted molar refractivity (Wildman–Crippen MR) is 107 cm³/mol. The summed E-state index contributed by atoms with van der Waals surface area (Å²) in [6.07, 6.45) is 5.84. The molecule has 0 unspecified atom stereocenters. The van der Waals surface area contributed by atoms with Crippen molar-refractivity contribution in [1.29, 1.82) is 0 Å². The van der Waals surface area contributed by atoms with Gasteiger partial charge in [0.05, 0.1) is 5.56 Å². The van der Waals surface area contributed by atoms with E-state index in [2.05, 4.69) is 10.6 Å². The van der Waals surface area contributed by atoms with Crippen LogP contribution in [-0.4, -0.2) is 23.9 Å². The van der Waals surface area contributed by atoms with Crippen LogP contribution < -0.4 is 10.6 Å². The van der Waals surface area contributed by atoms with Gasteiger partial charge < -0.3 is 10.6 Å². The Hall–Kier alpha value is -2.76. The van der Waals surface area contributed by atoms with Crippen LogP contribution in [0.3, 0.4) is 0 Å². The maximum atomic E-state index is 14.7. The number of hydrogen-bond donors (Lipinski definition) is 2. The minimum atomic E-state index is -0.661. The van der Waals surface area contributed by atoms with Crippen molar-refractivity contribution in [2.24, 2.45) is 0 Å². The molecule has 6 heteroatoms. The lowest BCUT2D eigenvalue weighted by Gasteiger charge is -2.14. The number of rotatable bonds is 5. The Morgan fingerprint density at radius 1 is 0.862 bits per heavy atom. The van der Waals surface area contributed by atoms with E-state index >= 15 is 0 Å². The van der Waals surface area contributed by atoms with E-state index < -0.39 is 17.5 Å². The van der Waals surface area contributed by atoms with Gasteiger partial charge in [0.15, 0.2) is 0 Å². The van der Waals surface area contributed by atoms with Crippen molar-refractivity contribution >= 4 is 11.8 Å². The molecule has 2 saturated carbocycles. The van der Waals surface area contributed by atoms with E-state index in [9.17, 15) is 18.4 Å². The van der Waals surface area contributed by atoms with Gasteiger partial charge in [-0.15, -0.1) is 0 Å². The summed E-state index contributed by atoms with van der Waals surface area (Å²) in [5.74, 6) is -1.94. The van der Waals surface area contributed by atoms with Crippen LogP contribution in [0.15, 0.2) is 30.3 Å². The molecule has 4 nitrogen and oxygen atoms in total. The third kappa shape index (κ3) is 4.31. The van der Waals surface area contributed by atoms with E-state index in [0.717, 1.165) is 38.5 Å². The van der Waals surface area contributed by atoms with E-state index in [1.54, 1.807) is 19.1 Å². The third-order valence-corrected chi connectivity index (χ3v) is 5.73. The second-order valence-electron chi connectivity index (χ2n) is 8.03. The third-order valence-electron chi connectivity index (χ3n) is 5.73. The van der Waals surface area contributed by atoms with E-state index in [4.69, 9.17) is 0 Å². The first-order valence-corrected chi connectivity index (χ1v) is 10.1. The van der Waals surface area contributed by atoms with Gasteiger partial charge >= 0.3 is 0 Å². The zero-order chi connectivity index (χ0) is 20.5. The van der Waals surface area contributed by atoms with Crippen molar-refractivity contribution in [3.8, 4) is 11.1 Å². The van der Waals surface area contributed by atoms with Crippen molar-refractivity contribution in [2.45, 2.75) is 57.5 Å². The van der Waals surface area contributed by atoms with E-state index in [1.165, 1.54) is 18.2 Å². The Balaban J connectivity index is 1.60. The number of carbonyl (C=O) groups excluding carboxylic acids is 2. The maximum absolute atomic E-state index is 14.7. The van der Waals surface area contributed by atoms with Crippen molar-refractivity contribution in [3.63, 3.8) is 0 Å². The topological polar surface area (TPSA) is 58.2 Å². The fraction of sp³-hybridized carbons (Fsp3) is 0.391. The van der Waals surface area contributed by atoms with Crippen molar-refractivity contribution in [2.75, 3.05) is 0 Å². The van der Waals surface area contributed by atoms with Crippen LogP contribution in [0.5, 0.6) is 0 Å². The van der Waals surface area contributed by atoms with Crippen molar-refractivity contribution < 1.29 is 18.4 Å². The van der Waals surface area contributed by atoms with Crippen LogP contribution >= 0.6 is 0 Å². The van der Waals surface area contributed by atoms with Gasteiger partial charge in [-0.05, 0) is 73.6 Å². The SMILES string of the molecule is Cc1c(F)cc(C(=O)NC2CC2)cc1-c1ccc(C(=O)NC2CCCC2)c(F)c1. The quantitative estimate of drug-likeness (QED) is 0.779. The van der Waals surface area contributed by atoms with Crippen LogP contribution in [0.25, 0.3) is 11.1 Å². The van der Waals surface area contributed by atoms with Gasteiger partial charge in [0.1, 0.15) is 11.6 Å². The van der Waals surface area contributed by atoms with Gasteiger partial charge in [0.2, 0.25) is 0 Å². The maximum Gasteiger partial charge on any atom is 0.254 e. The Morgan fingerprint density at radius 2 is 1.52 bits per heavy atom. The summed E-state index contributed by atoms with van der Waals surface area (Å²) in [4.78, 5) is 24.7. The molecule has 2 N–H and O–H groups in total. The van der Waals surface area contributed by atoms with Gasteiger partial charge in [0.25, 0.3) is 11.8 Å². The summed E-state index contributed by atoms with van der Waals surface area (Å²) >= 11 is 0. The van der Waals surface area contributed by atoms with E-state index in [-0.39, 0.29) is 29.1 Å². The summed E-state index contributed by atoms with van der Waals surface area (Å²) < 4.78 is 29.1. The normalized spacial score (nSPS) is 16.7. The molecule has 2 aromatic carbocycles. The Bertz CT molecular complexity index is 964. The first-order chi connectivity index (χ1) is 13.9. The summed E-state index contributed by atoms with van der Waals surface area (Å²) in [5.41, 5.74) is 1.38. The summed E-state index contributed by atoms with van der Waals surface area (Å²) in [7, 11) is 0. The molecule has 0 radical (unpaired) electrons. The summed E-state index contributed by atoms with van der Waals surface area (Å²) in [5, 5.41) is 5.70. The molecule has 2 aliphatic rings. The molecule has 0 atom stereocenters. The lowest BCUT2D eigenvalue weighted by Crippen LogP contribution is -2.33. The molecular weight excluding hydrogens is 374 g/mol. The largest absolute Gasteiger partial charge is 0.349 e. The van der Waals surface area contributed by atoms with Crippen molar-refractivity contribution in [3.05, 3.63) is 58.7 Å². The van der Waals surface area contributed by atoms with Crippen molar-refractivity contribution in [1.82, 2.24) is 10.6 Å². The molecule has 152 valence electrons. The lowest BCUT2D eigenvalue weighted by atomic mass is 9.96. The smallest absolute Gasteiger partial charge is 0.254 e. The molecule has 2 amide bonds. The molecule has 0 heterocycles. The zero-order valence-electron chi connectivity index (χ0n) is 16.4. The Morgan fingerprint density at radius 3 is 2.17 bits per heavy atom. The van der Waals surface area contributed by atoms with Gasteiger partial charge in [-0.2, -0.15) is 0 Å². The minimum Gasteiger partial charge on any atom is -0.349 e. The number of amides is 2. The zero-order valence-corrected chi connectivity index (χ0v) is 16.4. The highest BCUT2D eigenvalue weighted by Gasteiger charge is 2.25. The van der Waals surface area contributed by atoms with Crippen LogP contribution in [-0.2, 0) is 0 Å². The molecule has 0 saturated heterocycles. The fourth-order valence-electron chi connectivity index (χ4n) is 3.81. The predicted octanol–water partition coefficient (Wildman–Crippen LogP) is 4.50. The molecule has 0 spiro atoms. The van der Waals surface area contributed by atoms with Gasteiger partial charge in [0, 0.05) is 17.6 Å². The first kappa shape index (κ1) is 19.6. The fourth-order valence-corrected chi connectivity index (χ4v) is 3.81. The number of carbonyl (C=O) groups is 2. The molecule has 29 heavy (non-hydrogen) atoms. The standard InChI is InChI=1S/C23H24F2N2O2/c1-13-19(10-15(12-20(13)24)22(28)26-17-7-8-17)14-6-9-18(21(25)11-14)23(29)27-16-4-2-3-5-16/h6,9-12,16-17H,2-5,7-8H2,1H3,(H,26,28)(H,27,29). The number of hydrogen-bond acceptors (Lipinski definition) is 2. The summed E-state index contributed by atoms with van der Waals surface area (Å²) in [6, 6.07) is 7.28. The number of nitrogens with one attached hydrogen (secondary N) is 2. The van der Waals surface area contributed by atoms with E-state index in [1.807, 2.05) is 0 Å². The number of halogens is 2. The highest BCUT2D eigenvalue weighted by Crippen LogP contribution is 2.29. The van der Waals surface area contributed by atoms with Gasteiger partial charge in [-0.25, -0.2) is 8.78 Å². The molecule has 4 rings (SSSR count). The first-order valence-electron chi connectivity index (χ1n) is 10.1. The lowest BCUT2D eigenvalue weighted by molar-refractivity contribution is 0.0930. The highest BCUT2D eigenvalue weighted by atomic mass is 19.1. The van der Waals surface area contributed by atoms with Crippen LogP contribution in [0.4, 0.5) is 8.78 Å².